The summed E-state index contributed by atoms with van der Waals surface area (Å²) in [4.78, 5) is 26.3. The number of sulfonamides is 1. The third kappa shape index (κ3) is 4.63. The van der Waals surface area contributed by atoms with Crippen LogP contribution >= 0.6 is 0 Å². The lowest BCUT2D eigenvalue weighted by atomic mass is 9.95. The zero-order valence-corrected chi connectivity index (χ0v) is 18.4. The standard InChI is InChI=1S/C23H28N2O4S/c1-17(19-7-5-4-6-8-19)24(3)23(27)21-13-15-25(16-14-21)30(28,29)22-11-9-20(10-12-22)18(2)26/h4-12,17,21H,13-16H2,1-3H3. The third-order valence-corrected chi connectivity index (χ3v) is 7.83. The van der Waals surface area contributed by atoms with Gasteiger partial charge in [0.15, 0.2) is 5.78 Å². The van der Waals surface area contributed by atoms with Crippen LogP contribution < -0.4 is 0 Å². The van der Waals surface area contributed by atoms with E-state index in [4.69, 9.17) is 0 Å². The molecule has 1 aliphatic rings. The number of hydrogen-bond donors (Lipinski definition) is 0. The van der Waals surface area contributed by atoms with E-state index in [0.717, 1.165) is 5.56 Å². The van der Waals surface area contributed by atoms with Crippen LogP contribution in [0.4, 0.5) is 0 Å². The maximum atomic E-state index is 13.0. The van der Waals surface area contributed by atoms with Gasteiger partial charge in [-0.05, 0) is 44.4 Å². The summed E-state index contributed by atoms with van der Waals surface area (Å²) in [7, 11) is -1.83. The van der Waals surface area contributed by atoms with Gasteiger partial charge >= 0.3 is 0 Å². The monoisotopic (exact) mass is 428 g/mol. The molecule has 1 saturated heterocycles. The maximum absolute atomic E-state index is 13.0. The summed E-state index contributed by atoms with van der Waals surface area (Å²) < 4.78 is 27.3. The van der Waals surface area contributed by atoms with Gasteiger partial charge in [-0.2, -0.15) is 4.31 Å². The number of rotatable bonds is 6. The summed E-state index contributed by atoms with van der Waals surface area (Å²) in [6.07, 6.45) is 0.991. The van der Waals surface area contributed by atoms with E-state index in [1.807, 2.05) is 37.3 Å². The first-order valence-corrected chi connectivity index (χ1v) is 11.6. The minimum absolute atomic E-state index is 0.0414. The van der Waals surface area contributed by atoms with Gasteiger partial charge in [0.05, 0.1) is 10.9 Å². The second-order valence-electron chi connectivity index (χ2n) is 7.79. The number of benzene rings is 2. The van der Waals surface area contributed by atoms with Crippen LogP contribution in [-0.4, -0.2) is 49.5 Å². The van der Waals surface area contributed by atoms with Crippen molar-refractivity contribution < 1.29 is 18.0 Å². The molecule has 1 unspecified atom stereocenters. The van der Waals surface area contributed by atoms with Gasteiger partial charge < -0.3 is 4.90 Å². The van der Waals surface area contributed by atoms with Crippen LogP contribution in [-0.2, 0) is 14.8 Å². The Morgan fingerprint density at radius 1 is 1.00 bits per heavy atom. The van der Waals surface area contributed by atoms with E-state index < -0.39 is 10.0 Å². The minimum atomic E-state index is -3.64. The Morgan fingerprint density at radius 3 is 2.10 bits per heavy atom. The molecule has 0 aliphatic carbocycles. The number of carbonyl (C=O) groups excluding carboxylic acids is 2. The summed E-state index contributed by atoms with van der Waals surface area (Å²) in [5.74, 6) is -0.242. The van der Waals surface area contributed by atoms with Crippen molar-refractivity contribution in [2.75, 3.05) is 20.1 Å². The largest absolute Gasteiger partial charge is 0.339 e. The van der Waals surface area contributed by atoms with E-state index in [1.165, 1.54) is 35.5 Å². The van der Waals surface area contributed by atoms with E-state index in [9.17, 15) is 18.0 Å². The summed E-state index contributed by atoms with van der Waals surface area (Å²) in [5.41, 5.74) is 1.55. The number of ketones is 1. The van der Waals surface area contributed by atoms with Crippen molar-refractivity contribution in [1.82, 2.24) is 9.21 Å². The number of carbonyl (C=O) groups is 2. The van der Waals surface area contributed by atoms with Crippen molar-refractivity contribution in [2.45, 2.75) is 37.6 Å². The van der Waals surface area contributed by atoms with Gasteiger partial charge in [0, 0.05) is 31.6 Å². The number of hydrogen-bond acceptors (Lipinski definition) is 4. The Labute approximate surface area is 178 Å². The maximum Gasteiger partial charge on any atom is 0.243 e. The normalized spacial score (nSPS) is 16.8. The van der Waals surface area contributed by atoms with Crippen LogP contribution in [0.2, 0.25) is 0 Å². The zero-order chi connectivity index (χ0) is 21.9. The Balaban J connectivity index is 1.63. The van der Waals surface area contributed by atoms with Crippen molar-refractivity contribution in [2.24, 2.45) is 5.92 Å². The molecular formula is C23H28N2O4S. The highest BCUT2D eigenvalue weighted by atomic mass is 32.2. The van der Waals surface area contributed by atoms with Crippen LogP contribution in [0, 0.1) is 5.92 Å². The number of piperidine rings is 1. The molecule has 0 saturated carbocycles. The lowest BCUT2D eigenvalue weighted by molar-refractivity contribution is -0.137. The molecule has 0 radical (unpaired) electrons. The first-order valence-electron chi connectivity index (χ1n) is 10.1. The smallest absolute Gasteiger partial charge is 0.243 e. The van der Waals surface area contributed by atoms with Gasteiger partial charge in [0.1, 0.15) is 0 Å². The molecule has 0 bridgehead atoms. The molecule has 3 rings (SSSR count). The molecule has 1 heterocycles. The second-order valence-corrected chi connectivity index (χ2v) is 9.73. The Bertz CT molecular complexity index is 995. The molecular weight excluding hydrogens is 400 g/mol. The molecule has 1 atom stereocenters. The van der Waals surface area contributed by atoms with Gasteiger partial charge in [-0.15, -0.1) is 0 Å². The van der Waals surface area contributed by atoms with Crippen molar-refractivity contribution >= 4 is 21.7 Å². The first-order chi connectivity index (χ1) is 14.2. The third-order valence-electron chi connectivity index (χ3n) is 5.91. The highest BCUT2D eigenvalue weighted by Gasteiger charge is 2.34. The van der Waals surface area contributed by atoms with Gasteiger partial charge in [0.25, 0.3) is 0 Å². The van der Waals surface area contributed by atoms with Crippen LogP contribution in [0.5, 0.6) is 0 Å². The first kappa shape index (κ1) is 22.2. The highest BCUT2D eigenvalue weighted by molar-refractivity contribution is 7.89. The van der Waals surface area contributed by atoms with Gasteiger partial charge in [-0.25, -0.2) is 8.42 Å². The molecule has 2 aromatic rings. The molecule has 0 N–H and O–H groups in total. The molecule has 160 valence electrons. The summed E-state index contributed by atoms with van der Waals surface area (Å²) in [6.45, 7) is 4.06. The summed E-state index contributed by atoms with van der Waals surface area (Å²) >= 11 is 0. The molecule has 1 fully saturated rings. The van der Waals surface area contributed by atoms with Crippen molar-refractivity contribution in [3.05, 3.63) is 65.7 Å². The Hall–Kier alpha value is -2.51. The van der Waals surface area contributed by atoms with E-state index in [1.54, 1.807) is 11.9 Å². The van der Waals surface area contributed by atoms with Gasteiger partial charge in [-0.3, -0.25) is 9.59 Å². The van der Waals surface area contributed by atoms with Gasteiger partial charge in [-0.1, -0.05) is 42.5 Å². The van der Waals surface area contributed by atoms with E-state index in [-0.39, 0.29) is 28.5 Å². The van der Waals surface area contributed by atoms with Crippen LogP contribution in [0.25, 0.3) is 0 Å². The van der Waals surface area contributed by atoms with Crippen molar-refractivity contribution in [3.8, 4) is 0 Å². The fourth-order valence-corrected chi connectivity index (χ4v) is 5.26. The average Bonchev–Trinajstić information content (AvgIpc) is 2.78. The zero-order valence-electron chi connectivity index (χ0n) is 17.6. The second kappa shape index (κ2) is 9.10. The molecule has 0 aromatic heterocycles. The quantitative estimate of drug-likeness (QED) is 0.660. The number of Topliss-reactive ketones (excluding diaryl/α,β-unsaturated/α-hetero) is 1. The van der Waals surface area contributed by atoms with Gasteiger partial charge in [0.2, 0.25) is 15.9 Å². The predicted molar refractivity (Wildman–Crippen MR) is 116 cm³/mol. The van der Waals surface area contributed by atoms with E-state index in [2.05, 4.69) is 0 Å². The number of amides is 1. The van der Waals surface area contributed by atoms with E-state index in [0.29, 0.717) is 31.5 Å². The fraction of sp³-hybridized carbons (Fsp3) is 0.391. The lowest BCUT2D eigenvalue weighted by Gasteiger charge is -2.34. The molecule has 0 spiro atoms. The molecule has 1 amide bonds. The molecule has 30 heavy (non-hydrogen) atoms. The fourth-order valence-electron chi connectivity index (χ4n) is 3.79. The SMILES string of the molecule is CC(=O)c1ccc(S(=O)(=O)N2CCC(C(=O)N(C)C(C)c3ccccc3)CC2)cc1. The number of nitrogens with zero attached hydrogens (tertiary/aromatic N) is 2. The predicted octanol–water partition coefficient (Wildman–Crippen LogP) is 3.51. The molecule has 6 nitrogen and oxygen atoms in total. The average molecular weight is 429 g/mol. The van der Waals surface area contributed by atoms with Crippen LogP contribution in [0.1, 0.15) is 48.7 Å². The topological polar surface area (TPSA) is 74.8 Å². The molecule has 1 aliphatic heterocycles. The van der Waals surface area contributed by atoms with Crippen molar-refractivity contribution in [1.29, 1.82) is 0 Å². The minimum Gasteiger partial charge on any atom is -0.339 e. The van der Waals surface area contributed by atoms with E-state index >= 15 is 0 Å². The molecule has 2 aromatic carbocycles. The Kier molecular flexibility index (Phi) is 6.73. The highest BCUT2D eigenvalue weighted by Crippen LogP contribution is 2.28. The molecule has 7 heteroatoms. The summed E-state index contributed by atoms with van der Waals surface area (Å²) in [5, 5.41) is 0. The van der Waals surface area contributed by atoms with Crippen LogP contribution in [0.15, 0.2) is 59.5 Å². The van der Waals surface area contributed by atoms with Crippen LogP contribution in [0.3, 0.4) is 0 Å². The van der Waals surface area contributed by atoms with Crippen molar-refractivity contribution in [3.63, 3.8) is 0 Å². The lowest BCUT2D eigenvalue weighted by Crippen LogP contribution is -2.43. The summed E-state index contributed by atoms with van der Waals surface area (Å²) in [6, 6.07) is 15.8. The Morgan fingerprint density at radius 2 is 1.57 bits per heavy atom.